The quantitative estimate of drug-likeness (QED) is 0.258. The molecule has 9 nitrogen and oxygen atoms in total. The van der Waals surface area contributed by atoms with Crippen LogP contribution in [0.5, 0.6) is 5.75 Å². The number of piperidine rings is 1. The van der Waals surface area contributed by atoms with Gasteiger partial charge in [-0.25, -0.2) is 9.78 Å². The van der Waals surface area contributed by atoms with Crippen molar-refractivity contribution in [2.24, 2.45) is 18.9 Å². The number of aryl methyl sites for hydroxylation is 1. The first-order chi connectivity index (χ1) is 20.5. The lowest BCUT2D eigenvalue weighted by molar-refractivity contribution is 0.0485. The summed E-state index contributed by atoms with van der Waals surface area (Å²) >= 11 is 3.65. The van der Waals surface area contributed by atoms with Crippen molar-refractivity contribution in [3.8, 4) is 17.3 Å². The van der Waals surface area contributed by atoms with Gasteiger partial charge in [0, 0.05) is 41.1 Å². The molecule has 43 heavy (non-hydrogen) atoms. The monoisotopic (exact) mass is 647 g/mol. The van der Waals surface area contributed by atoms with E-state index in [1.807, 2.05) is 44.9 Å². The van der Waals surface area contributed by atoms with Crippen LogP contribution in [0.4, 0.5) is 4.79 Å². The van der Waals surface area contributed by atoms with Crippen LogP contribution in [-0.4, -0.2) is 62.4 Å². The summed E-state index contributed by atoms with van der Waals surface area (Å²) in [6.45, 7) is 7.11. The van der Waals surface area contributed by atoms with Crippen LogP contribution in [0.3, 0.4) is 0 Å². The maximum Gasteiger partial charge on any atom is 0.407 e. The summed E-state index contributed by atoms with van der Waals surface area (Å²) in [5, 5.41) is 4.23. The fourth-order valence-corrected chi connectivity index (χ4v) is 7.39. The minimum Gasteiger partial charge on any atom is -0.494 e. The minimum absolute atomic E-state index is 0.0662. The van der Waals surface area contributed by atoms with E-state index in [2.05, 4.69) is 54.6 Å². The Hall–Kier alpha value is -3.53. The molecular weight excluding hydrogens is 610 g/mol. The second-order valence-electron chi connectivity index (χ2n) is 13.4. The van der Waals surface area contributed by atoms with Gasteiger partial charge in [0.05, 0.1) is 30.4 Å². The van der Waals surface area contributed by atoms with Crippen LogP contribution >= 0.6 is 15.9 Å². The molecule has 3 atom stereocenters. The minimum atomic E-state index is -0.576. The molecule has 0 unspecified atom stereocenters. The standard InChI is InChI=1S/C33H38BrN5O4/c1-33(2,3)43-32(41)36-28-20-9-11-24(28)39(17-20)31(40)21-12-23-29(27(14-21)42-5)37(4)30(35-23)26-13-19-8-10-22(34)15-25(19)38(26)16-18-6-7-18/h8,10,12-15,18,20,24,28H,6-7,9,11,16-17H2,1-5H3,(H,36,41)/t20-,24-,28+/m1/s1. The third-order valence-corrected chi connectivity index (χ3v) is 9.66. The molecule has 4 aromatic rings. The molecule has 226 valence electrons. The van der Waals surface area contributed by atoms with E-state index in [1.54, 1.807) is 7.11 Å². The SMILES string of the molecule is COc1cc(C(=O)N2C[C@H]3CC[C@@H]2[C@H]3NC(=O)OC(C)(C)C)cc2nc(-c3cc4ccc(Br)cc4n3CC3CC3)n(C)c12. The highest BCUT2D eigenvalue weighted by Gasteiger charge is 2.50. The number of aromatic nitrogens is 3. The highest BCUT2D eigenvalue weighted by molar-refractivity contribution is 9.10. The molecule has 0 radical (unpaired) electrons. The number of amides is 2. The van der Waals surface area contributed by atoms with Gasteiger partial charge in [0.25, 0.3) is 5.91 Å². The normalized spacial score (nSPS) is 21.6. The van der Waals surface area contributed by atoms with Gasteiger partial charge in [-0.1, -0.05) is 22.0 Å². The Bertz CT molecular complexity index is 1760. The van der Waals surface area contributed by atoms with Gasteiger partial charge in [0.2, 0.25) is 0 Å². The van der Waals surface area contributed by atoms with Crippen LogP contribution in [0.15, 0.2) is 40.9 Å². The van der Waals surface area contributed by atoms with Crippen molar-refractivity contribution in [3.05, 3.63) is 46.4 Å². The first-order valence-electron chi connectivity index (χ1n) is 15.1. The summed E-state index contributed by atoms with van der Waals surface area (Å²) in [6.07, 6.45) is 3.90. The number of hydrogen-bond donors (Lipinski definition) is 1. The summed E-state index contributed by atoms with van der Waals surface area (Å²) in [5.74, 6) is 2.28. The van der Waals surface area contributed by atoms with E-state index in [0.29, 0.717) is 23.8 Å². The van der Waals surface area contributed by atoms with Crippen LogP contribution in [0.1, 0.15) is 56.8 Å². The molecule has 1 aliphatic heterocycles. The molecule has 2 bridgehead atoms. The van der Waals surface area contributed by atoms with Gasteiger partial charge in [-0.2, -0.15) is 0 Å². The second-order valence-corrected chi connectivity index (χ2v) is 14.3. The van der Waals surface area contributed by atoms with E-state index >= 15 is 0 Å². The molecule has 2 aromatic heterocycles. The largest absolute Gasteiger partial charge is 0.494 e. The lowest BCUT2D eigenvalue weighted by atomic mass is 10.1. The van der Waals surface area contributed by atoms with Crippen LogP contribution in [0, 0.1) is 11.8 Å². The molecule has 1 N–H and O–H groups in total. The van der Waals surface area contributed by atoms with Gasteiger partial charge in [0.15, 0.2) is 5.82 Å². The van der Waals surface area contributed by atoms with Crippen molar-refractivity contribution in [3.63, 3.8) is 0 Å². The van der Waals surface area contributed by atoms with Gasteiger partial charge in [-0.15, -0.1) is 0 Å². The zero-order valence-electron chi connectivity index (χ0n) is 25.3. The predicted molar refractivity (Wildman–Crippen MR) is 169 cm³/mol. The van der Waals surface area contributed by atoms with E-state index in [-0.39, 0.29) is 23.9 Å². The lowest BCUT2D eigenvalue weighted by Crippen LogP contribution is -2.46. The predicted octanol–water partition coefficient (Wildman–Crippen LogP) is 6.50. The van der Waals surface area contributed by atoms with Crippen molar-refractivity contribution in [1.82, 2.24) is 24.3 Å². The number of imidazole rings is 1. The number of ether oxygens (including phenoxy) is 2. The molecule has 0 spiro atoms. The molecular formula is C33H38BrN5O4. The molecule has 2 saturated carbocycles. The Morgan fingerprint density at radius 1 is 1.09 bits per heavy atom. The number of halogens is 1. The van der Waals surface area contributed by atoms with Crippen LogP contribution in [0.25, 0.3) is 33.5 Å². The van der Waals surface area contributed by atoms with Gasteiger partial charge in [-0.05, 0) is 88.6 Å². The number of likely N-dealkylation sites (tertiary alicyclic amines) is 1. The summed E-state index contributed by atoms with van der Waals surface area (Å²) < 4.78 is 16.9. The van der Waals surface area contributed by atoms with Crippen LogP contribution in [-0.2, 0) is 18.3 Å². The van der Waals surface area contributed by atoms with Crippen molar-refractivity contribution >= 4 is 49.9 Å². The Morgan fingerprint density at radius 3 is 2.60 bits per heavy atom. The van der Waals surface area contributed by atoms with Gasteiger partial charge in [0.1, 0.15) is 16.9 Å². The second kappa shape index (κ2) is 10.3. The molecule has 2 aliphatic carbocycles. The number of carbonyl (C=O) groups is 2. The fraction of sp³-hybridized carbons (Fsp3) is 0.485. The number of rotatable bonds is 6. The molecule has 10 heteroatoms. The third-order valence-electron chi connectivity index (χ3n) is 9.17. The Kier molecular flexibility index (Phi) is 6.76. The van der Waals surface area contributed by atoms with E-state index in [0.717, 1.165) is 46.4 Å². The Balaban J connectivity index is 1.23. The number of fused-ring (bicyclic) bond motifs is 4. The zero-order valence-corrected chi connectivity index (χ0v) is 26.9. The summed E-state index contributed by atoms with van der Waals surface area (Å²) in [6, 6.07) is 12.1. The topological polar surface area (TPSA) is 90.6 Å². The molecule has 2 aromatic carbocycles. The van der Waals surface area contributed by atoms with Gasteiger partial charge < -0.3 is 28.8 Å². The van der Waals surface area contributed by atoms with Crippen molar-refractivity contribution in [1.29, 1.82) is 0 Å². The molecule has 1 saturated heterocycles. The number of nitrogens with zero attached hydrogens (tertiary/aromatic N) is 4. The lowest BCUT2D eigenvalue weighted by Gasteiger charge is -2.28. The number of hydrogen-bond acceptors (Lipinski definition) is 5. The maximum atomic E-state index is 14.0. The van der Waals surface area contributed by atoms with E-state index in [4.69, 9.17) is 14.5 Å². The first-order valence-corrected chi connectivity index (χ1v) is 15.9. The van der Waals surface area contributed by atoms with Gasteiger partial charge >= 0.3 is 6.09 Å². The summed E-state index contributed by atoms with van der Waals surface area (Å²) in [7, 11) is 3.64. The molecule has 2 amide bonds. The van der Waals surface area contributed by atoms with Crippen LogP contribution < -0.4 is 10.1 Å². The average Bonchev–Trinajstić information content (AvgIpc) is 3.31. The fourth-order valence-electron chi connectivity index (χ4n) is 7.04. The molecule has 3 aliphatic rings. The Morgan fingerprint density at radius 2 is 1.88 bits per heavy atom. The van der Waals surface area contributed by atoms with E-state index < -0.39 is 11.7 Å². The number of nitrogens with one attached hydrogen (secondary N) is 1. The van der Waals surface area contributed by atoms with Crippen molar-refractivity contribution < 1.29 is 19.1 Å². The van der Waals surface area contributed by atoms with E-state index in [9.17, 15) is 9.59 Å². The smallest absolute Gasteiger partial charge is 0.407 e. The molecule has 3 fully saturated rings. The van der Waals surface area contributed by atoms with E-state index in [1.165, 1.54) is 23.7 Å². The van der Waals surface area contributed by atoms with Crippen molar-refractivity contribution in [2.45, 2.75) is 70.7 Å². The number of carbonyl (C=O) groups excluding carboxylic acids is 2. The highest BCUT2D eigenvalue weighted by atomic mass is 79.9. The Labute approximate surface area is 259 Å². The molecule has 7 rings (SSSR count). The average molecular weight is 649 g/mol. The number of alkyl carbamates (subject to hydrolysis) is 1. The van der Waals surface area contributed by atoms with Crippen molar-refractivity contribution in [2.75, 3.05) is 13.7 Å². The molecule has 3 heterocycles. The van der Waals surface area contributed by atoms with Crippen LogP contribution in [0.2, 0.25) is 0 Å². The maximum absolute atomic E-state index is 14.0. The first kappa shape index (κ1) is 28.3. The number of methoxy groups -OCH3 is 1. The highest BCUT2D eigenvalue weighted by Crippen LogP contribution is 2.41. The summed E-state index contributed by atoms with van der Waals surface area (Å²) in [5.41, 5.74) is 3.78. The zero-order chi connectivity index (χ0) is 30.2. The summed E-state index contributed by atoms with van der Waals surface area (Å²) in [4.78, 5) is 33.6. The number of benzene rings is 2. The van der Waals surface area contributed by atoms with Gasteiger partial charge in [-0.3, -0.25) is 4.79 Å². The third kappa shape index (κ3) is 5.07.